The van der Waals surface area contributed by atoms with Crippen molar-refractivity contribution in [3.63, 3.8) is 0 Å². The molecule has 0 radical (unpaired) electrons. The number of terminal acetylenes is 1. The van der Waals surface area contributed by atoms with E-state index in [9.17, 15) is 13.2 Å². The highest BCUT2D eigenvalue weighted by molar-refractivity contribution is 9.10. The van der Waals surface area contributed by atoms with E-state index in [1.165, 1.54) is 6.07 Å². The van der Waals surface area contributed by atoms with Gasteiger partial charge in [0.1, 0.15) is 0 Å². The van der Waals surface area contributed by atoms with Gasteiger partial charge in [-0.1, -0.05) is 28.9 Å². The molecule has 1 aromatic rings. The Balaban J connectivity index is 3.08. The fourth-order valence-electron chi connectivity index (χ4n) is 1.72. The summed E-state index contributed by atoms with van der Waals surface area (Å²) < 4.78 is 38.6. The average molecular weight is 334 g/mol. The molecule has 0 aromatic heterocycles. The van der Waals surface area contributed by atoms with Crippen LogP contribution in [0.2, 0.25) is 0 Å². The van der Waals surface area contributed by atoms with Gasteiger partial charge in [0.2, 0.25) is 0 Å². The third-order valence-corrected chi connectivity index (χ3v) is 3.35. The SMILES string of the molecule is C#CCC(NCCC)c1ccc(Br)c(C(F)(F)F)c1. The van der Waals surface area contributed by atoms with Crippen LogP contribution < -0.4 is 5.32 Å². The highest BCUT2D eigenvalue weighted by Gasteiger charge is 2.33. The van der Waals surface area contributed by atoms with Crippen molar-refractivity contribution in [2.45, 2.75) is 32.0 Å². The van der Waals surface area contributed by atoms with Crippen LogP contribution in [0.15, 0.2) is 22.7 Å². The van der Waals surface area contributed by atoms with Crippen LogP contribution in [0.4, 0.5) is 13.2 Å². The van der Waals surface area contributed by atoms with Crippen molar-refractivity contribution in [3.05, 3.63) is 33.8 Å². The van der Waals surface area contributed by atoms with Gasteiger partial charge in [-0.3, -0.25) is 0 Å². The minimum atomic E-state index is -4.37. The summed E-state index contributed by atoms with van der Waals surface area (Å²) in [5.41, 5.74) is -0.118. The van der Waals surface area contributed by atoms with Gasteiger partial charge in [-0.15, -0.1) is 12.3 Å². The summed E-state index contributed by atoms with van der Waals surface area (Å²) in [6, 6.07) is 3.97. The molecular formula is C14H15BrF3N. The molecule has 104 valence electrons. The van der Waals surface area contributed by atoms with Crippen molar-refractivity contribution in [1.82, 2.24) is 5.32 Å². The van der Waals surface area contributed by atoms with E-state index >= 15 is 0 Å². The first-order chi connectivity index (χ1) is 8.90. The predicted octanol–water partition coefficient (Wildman–Crippen LogP) is 4.53. The Morgan fingerprint density at radius 2 is 2.11 bits per heavy atom. The van der Waals surface area contributed by atoms with E-state index in [1.807, 2.05) is 6.92 Å². The molecule has 1 unspecified atom stereocenters. The molecule has 5 heteroatoms. The first-order valence-corrected chi connectivity index (χ1v) is 6.73. The van der Waals surface area contributed by atoms with E-state index in [4.69, 9.17) is 6.42 Å². The Morgan fingerprint density at radius 3 is 2.63 bits per heavy atom. The summed E-state index contributed by atoms with van der Waals surface area (Å²) in [6.45, 7) is 2.70. The first kappa shape index (κ1) is 16.1. The van der Waals surface area contributed by atoms with E-state index in [-0.39, 0.29) is 10.5 Å². The second kappa shape index (κ2) is 6.97. The van der Waals surface area contributed by atoms with Crippen LogP contribution in [0.3, 0.4) is 0 Å². The van der Waals surface area contributed by atoms with Gasteiger partial charge >= 0.3 is 6.18 Å². The number of alkyl halides is 3. The topological polar surface area (TPSA) is 12.0 Å². The van der Waals surface area contributed by atoms with E-state index in [0.29, 0.717) is 18.5 Å². The molecule has 0 saturated heterocycles. The summed E-state index contributed by atoms with van der Waals surface area (Å²) in [5.74, 6) is 2.49. The normalized spacial score (nSPS) is 13.1. The maximum Gasteiger partial charge on any atom is 0.417 e. The number of benzene rings is 1. The lowest BCUT2D eigenvalue weighted by Gasteiger charge is -2.19. The standard InChI is InChI=1S/C14H15BrF3N/c1-3-5-13(19-8-4-2)10-6-7-12(15)11(9-10)14(16,17)18/h1,6-7,9,13,19H,4-5,8H2,2H3. The lowest BCUT2D eigenvalue weighted by molar-refractivity contribution is -0.138. The molecule has 0 amide bonds. The maximum atomic E-state index is 12.8. The van der Waals surface area contributed by atoms with Crippen molar-refractivity contribution in [3.8, 4) is 12.3 Å². The summed E-state index contributed by atoms with van der Waals surface area (Å²) in [7, 11) is 0. The first-order valence-electron chi connectivity index (χ1n) is 5.93. The molecule has 0 saturated carbocycles. The number of hydrogen-bond donors (Lipinski definition) is 1. The highest BCUT2D eigenvalue weighted by Crippen LogP contribution is 2.36. The molecule has 1 nitrogen and oxygen atoms in total. The second-order valence-corrected chi connectivity index (χ2v) is 5.01. The molecule has 0 aliphatic heterocycles. The summed E-state index contributed by atoms with van der Waals surface area (Å²) in [4.78, 5) is 0. The number of nitrogens with one attached hydrogen (secondary N) is 1. The van der Waals surface area contributed by atoms with Gasteiger partial charge in [0.05, 0.1) is 5.56 Å². The van der Waals surface area contributed by atoms with E-state index in [1.54, 1.807) is 6.07 Å². The molecule has 1 atom stereocenters. The smallest absolute Gasteiger partial charge is 0.309 e. The molecule has 1 N–H and O–H groups in total. The quantitative estimate of drug-likeness (QED) is 0.780. The summed E-state index contributed by atoms with van der Waals surface area (Å²) >= 11 is 2.93. The zero-order valence-corrected chi connectivity index (χ0v) is 12.1. The van der Waals surface area contributed by atoms with Crippen molar-refractivity contribution in [1.29, 1.82) is 0 Å². The van der Waals surface area contributed by atoms with Crippen molar-refractivity contribution < 1.29 is 13.2 Å². The van der Waals surface area contributed by atoms with Crippen molar-refractivity contribution in [2.24, 2.45) is 0 Å². The molecule has 0 bridgehead atoms. The number of rotatable bonds is 5. The van der Waals surface area contributed by atoms with Gasteiger partial charge < -0.3 is 5.32 Å². The van der Waals surface area contributed by atoms with Gasteiger partial charge in [-0.05, 0) is 30.7 Å². The molecule has 0 spiro atoms. The van der Waals surface area contributed by atoms with E-state index in [0.717, 1.165) is 12.5 Å². The molecular weight excluding hydrogens is 319 g/mol. The fraction of sp³-hybridized carbons (Fsp3) is 0.429. The Kier molecular flexibility index (Phi) is 5.89. The third-order valence-electron chi connectivity index (χ3n) is 2.66. The third kappa shape index (κ3) is 4.55. The Bertz CT molecular complexity index is 463. The summed E-state index contributed by atoms with van der Waals surface area (Å²) in [6.07, 6.45) is 2.15. The number of halogens is 4. The van der Waals surface area contributed by atoms with Crippen molar-refractivity contribution in [2.75, 3.05) is 6.54 Å². The van der Waals surface area contributed by atoms with Crippen molar-refractivity contribution >= 4 is 15.9 Å². The molecule has 1 rings (SSSR count). The van der Waals surface area contributed by atoms with Crippen LogP contribution >= 0.6 is 15.9 Å². The van der Waals surface area contributed by atoms with Gasteiger partial charge in [-0.25, -0.2) is 0 Å². The molecule has 19 heavy (non-hydrogen) atoms. The zero-order chi connectivity index (χ0) is 14.5. The van der Waals surface area contributed by atoms with E-state index < -0.39 is 11.7 Å². The lowest BCUT2D eigenvalue weighted by Crippen LogP contribution is -2.22. The van der Waals surface area contributed by atoms with Crippen LogP contribution in [0.1, 0.15) is 36.9 Å². The van der Waals surface area contributed by atoms with Gasteiger partial charge in [0.25, 0.3) is 0 Å². The Morgan fingerprint density at radius 1 is 1.42 bits per heavy atom. The van der Waals surface area contributed by atoms with Crippen LogP contribution in [0.25, 0.3) is 0 Å². The Labute approximate surface area is 119 Å². The van der Waals surface area contributed by atoms with Crippen LogP contribution in [-0.4, -0.2) is 6.54 Å². The second-order valence-electron chi connectivity index (χ2n) is 4.15. The van der Waals surface area contributed by atoms with E-state index in [2.05, 4.69) is 27.2 Å². The molecule has 0 aliphatic rings. The monoisotopic (exact) mass is 333 g/mol. The summed E-state index contributed by atoms with van der Waals surface area (Å²) in [5, 5.41) is 3.16. The van der Waals surface area contributed by atoms with Crippen LogP contribution in [0, 0.1) is 12.3 Å². The Hall–Kier alpha value is -0.990. The minimum Gasteiger partial charge on any atom is -0.309 e. The molecule has 0 heterocycles. The van der Waals surface area contributed by atoms with Gasteiger partial charge in [0, 0.05) is 16.9 Å². The molecule has 1 aromatic carbocycles. The molecule has 0 fully saturated rings. The van der Waals surface area contributed by atoms with Gasteiger partial charge in [-0.2, -0.15) is 13.2 Å². The highest BCUT2D eigenvalue weighted by atomic mass is 79.9. The van der Waals surface area contributed by atoms with Crippen LogP contribution in [-0.2, 0) is 6.18 Å². The largest absolute Gasteiger partial charge is 0.417 e. The van der Waals surface area contributed by atoms with Crippen LogP contribution in [0.5, 0.6) is 0 Å². The lowest BCUT2D eigenvalue weighted by atomic mass is 10.0. The van der Waals surface area contributed by atoms with Gasteiger partial charge in [0.15, 0.2) is 0 Å². The molecule has 0 aliphatic carbocycles. The maximum absolute atomic E-state index is 12.8. The predicted molar refractivity (Wildman–Crippen MR) is 73.6 cm³/mol. The number of hydrogen-bond acceptors (Lipinski definition) is 1. The average Bonchev–Trinajstić information content (AvgIpc) is 2.34. The minimum absolute atomic E-state index is 0.0405. The zero-order valence-electron chi connectivity index (χ0n) is 10.5. The fourth-order valence-corrected chi connectivity index (χ4v) is 2.19.